The molecule has 2 aliphatic rings. The van der Waals surface area contributed by atoms with Crippen LogP contribution in [0, 0.1) is 0 Å². The van der Waals surface area contributed by atoms with Crippen LogP contribution in [0.3, 0.4) is 0 Å². The number of nitrogens with zero attached hydrogens (tertiary/aromatic N) is 1. The van der Waals surface area contributed by atoms with Crippen molar-refractivity contribution >= 4 is 28.9 Å². The van der Waals surface area contributed by atoms with Crippen LogP contribution >= 0.6 is 23.2 Å². The van der Waals surface area contributed by atoms with E-state index >= 15 is 0 Å². The summed E-state index contributed by atoms with van der Waals surface area (Å²) in [6.45, 7) is 3.28. The molecule has 0 bridgehead atoms. The summed E-state index contributed by atoms with van der Waals surface area (Å²) >= 11 is 12.4. The summed E-state index contributed by atoms with van der Waals surface area (Å²) in [7, 11) is 0. The Morgan fingerprint density at radius 3 is 2.82 bits per heavy atom. The zero-order valence-electron chi connectivity index (χ0n) is 12.3. The van der Waals surface area contributed by atoms with Gasteiger partial charge >= 0.3 is 0 Å². The van der Waals surface area contributed by atoms with Gasteiger partial charge in [0.15, 0.2) is 0 Å². The van der Waals surface area contributed by atoms with E-state index in [1.807, 2.05) is 18.2 Å². The summed E-state index contributed by atoms with van der Waals surface area (Å²) in [5.41, 5.74) is 5.06. The molecule has 1 N–H and O–H groups in total. The molecule has 2 aromatic rings. The highest BCUT2D eigenvalue weighted by Crippen LogP contribution is 2.38. The molecule has 4 heteroatoms. The van der Waals surface area contributed by atoms with Crippen molar-refractivity contribution in [2.24, 2.45) is 0 Å². The van der Waals surface area contributed by atoms with E-state index in [0.29, 0.717) is 16.1 Å². The lowest BCUT2D eigenvalue weighted by atomic mass is 10.0. The number of hydrogen-bond acceptors (Lipinski definition) is 2. The van der Waals surface area contributed by atoms with Crippen molar-refractivity contribution in [1.29, 1.82) is 0 Å². The molecule has 1 saturated heterocycles. The molecule has 2 nitrogen and oxygen atoms in total. The highest BCUT2D eigenvalue weighted by atomic mass is 35.5. The van der Waals surface area contributed by atoms with Gasteiger partial charge in [-0.15, -0.1) is 0 Å². The topological polar surface area (TPSA) is 15.3 Å². The molecule has 22 heavy (non-hydrogen) atoms. The minimum atomic E-state index is 0.640. The number of halogens is 2. The van der Waals surface area contributed by atoms with E-state index in [0.717, 1.165) is 31.6 Å². The van der Waals surface area contributed by atoms with Crippen molar-refractivity contribution in [1.82, 2.24) is 5.32 Å². The summed E-state index contributed by atoms with van der Waals surface area (Å²) in [5, 5.41) is 4.87. The lowest BCUT2D eigenvalue weighted by Gasteiger charge is -2.24. The first-order chi connectivity index (χ1) is 10.7. The van der Waals surface area contributed by atoms with Crippen LogP contribution in [0.25, 0.3) is 11.1 Å². The van der Waals surface area contributed by atoms with E-state index in [1.54, 1.807) is 0 Å². The summed E-state index contributed by atoms with van der Waals surface area (Å²) in [6.07, 6.45) is 2.35. The molecule has 0 amide bonds. The third kappa shape index (κ3) is 2.50. The molecule has 0 aromatic heterocycles. The SMILES string of the molecule is Clc1ccc(-c2ccc3c(c2)CC2CCNCCN32)c(Cl)c1. The first-order valence-electron chi connectivity index (χ1n) is 7.78. The Bertz CT molecular complexity index is 714. The van der Waals surface area contributed by atoms with E-state index in [2.05, 4.69) is 28.4 Å². The van der Waals surface area contributed by atoms with Gasteiger partial charge in [0.2, 0.25) is 0 Å². The van der Waals surface area contributed by atoms with Crippen LogP contribution in [-0.2, 0) is 6.42 Å². The molecular weight excluding hydrogens is 315 g/mol. The van der Waals surface area contributed by atoms with Gasteiger partial charge in [0.1, 0.15) is 0 Å². The largest absolute Gasteiger partial charge is 0.367 e. The van der Waals surface area contributed by atoms with E-state index < -0.39 is 0 Å². The summed E-state index contributed by atoms with van der Waals surface area (Å²) < 4.78 is 0. The Morgan fingerprint density at radius 1 is 1.05 bits per heavy atom. The van der Waals surface area contributed by atoms with Gasteiger partial charge < -0.3 is 10.2 Å². The molecule has 2 aromatic carbocycles. The molecule has 1 fully saturated rings. The van der Waals surface area contributed by atoms with E-state index in [4.69, 9.17) is 23.2 Å². The minimum absolute atomic E-state index is 0.640. The molecule has 2 aliphatic heterocycles. The van der Waals surface area contributed by atoms with E-state index in [1.165, 1.54) is 23.2 Å². The summed E-state index contributed by atoms with van der Waals surface area (Å²) in [5.74, 6) is 0. The lowest BCUT2D eigenvalue weighted by molar-refractivity contribution is 0.612. The van der Waals surface area contributed by atoms with Crippen LogP contribution in [0.5, 0.6) is 0 Å². The minimum Gasteiger partial charge on any atom is -0.367 e. The molecule has 1 unspecified atom stereocenters. The second kappa shape index (κ2) is 5.77. The Kier molecular flexibility index (Phi) is 3.77. The molecule has 0 spiro atoms. The Balaban J connectivity index is 1.71. The quantitative estimate of drug-likeness (QED) is 0.833. The highest BCUT2D eigenvalue weighted by Gasteiger charge is 2.30. The third-order valence-electron chi connectivity index (χ3n) is 4.71. The molecular formula is C18H18Cl2N2. The number of fused-ring (bicyclic) bond motifs is 3. The monoisotopic (exact) mass is 332 g/mol. The first-order valence-corrected chi connectivity index (χ1v) is 8.54. The van der Waals surface area contributed by atoms with E-state index in [9.17, 15) is 0 Å². The molecule has 0 radical (unpaired) electrons. The van der Waals surface area contributed by atoms with E-state index in [-0.39, 0.29) is 0 Å². The van der Waals surface area contributed by atoms with Crippen molar-refractivity contribution in [3.8, 4) is 11.1 Å². The maximum absolute atomic E-state index is 6.36. The normalized spacial score (nSPS) is 20.5. The zero-order chi connectivity index (χ0) is 15.1. The van der Waals surface area contributed by atoms with Crippen LogP contribution in [0.15, 0.2) is 36.4 Å². The molecule has 1 atom stereocenters. The van der Waals surface area contributed by atoms with Crippen LogP contribution in [-0.4, -0.2) is 25.7 Å². The molecule has 4 rings (SSSR count). The van der Waals surface area contributed by atoms with Crippen LogP contribution < -0.4 is 10.2 Å². The van der Waals surface area contributed by atoms with Gasteiger partial charge in [0, 0.05) is 40.4 Å². The highest BCUT2D eigenvalue weighted by molar-refractivity contribution is 6.36. The second-order valence-corrected chi connectivity index (χ2v) is 6.90. The number of nitrogens with one attached hydrogen (secondary N) is 1. The number of hydrogen-bond donors (Lipinski definition) is 1. The third-order valence-corrected chi connectivity index (χ3v) is 5.26. The number of anilines is 1. The predicted molar refractivity (Wildman–Crippen MR) is 94.2 cm³/mol. The van der Waals surface area contributed by atoms with Gasteiger partial charge in [0.25, 0.3) is 0 Å². The van der Waals surface area contributed by atoms with Crippen molar-refractivity contribution in [2.45, 2.75) is 18.9 Å². The molecule has 114 valence electrons. The first kappa shape index (κ1) is 14.4. The van der Waals surface area contributed by atoms with Crippen molar-refractivity contribution < 1.29 is 0 Å². The van der Waals surface area contributed by atoms with Crippen molar-refractivity contribution in [2.75, 3.05) is 24.5 Å². The Hall–Kier alpha value is -1.22. The average molecular weight is 333 g/mol. The fourth-order valence-corrected chi connectivity index (χ4v) is 4.15. The second-order valence-electron chi connectivity index (χ2n) is 6.06. The van der Waals surface area contributed by atoms with Crippen molar-refractivity contribution in [3.05, 3.63) is 52.0 Å². The molecule has 2 heterocycles. The fraction of sp³-hybridized carbons (Fsp3) is 0.333. The summed E-state index contributed by atoms with van der Waals surface area (Å²) in [4.78, 5) is 2.56. The lowest BCUT2D eigenvalue weighted by Crippen LogP contribution is -2.32. The standard InChI is InChI=1S/C18H18Cl2N2/c19-14-2-3-16(17(20)11-14)12-1-4-18-13(9-12)10-15-5-6-21-7-8-22(15)18/h1-4,9,11,15,21H,5-8,10H2. The maximum atomic E-state index is 6.36. The number of benzene rings is 2. The Labute approximate surface area is 141 Å². The van der Waals surface area contributed by atoms with Gasteiger partial charge in [-0.25, -0.2) is 0 Å². The van der Waals surface area contributed by atoms with Gasteiger partial charge in [0.05, 0.1) is 0 Å². The van der Waals surface area contributed by atoms with Gasteiger partial charge in [-0.2, -0.15) is 0 Å². The predicted octanol–water partition coefficient (Wildman–Crippen LogP) is 4.38. The smallest absolute Gasteiger partial charge is 0.0499 e. The van der Waals surface area contributed by atoms with Gasteiger partial charge in [-0.05, 0) is 54.8 Å². The van der Waals surface area contributed by atoms with Crippen molar-refractivity contribution in [3.63, 3.8) is 0 Å². The van der Waals surface area contributed by atoms with Gasteiger partial charge in [-0.1, -0.05) is 35.3 Å². The van der Waals surface area contributed by atoms with Crippen LogP contribution in [0.4, 0.5) is 5.69 Å². The average Bonchev–Trinajstić information content (AvgIpc) is 2.68. The Morgan fingerprint density at radius 2 is 1.95 bits per heavy atom. The summed E-state index contributed by atoms with van der Waals surface area (Å²) in [6, 6.07) is 13.1. The fourth-order valence-electron chi connectivity index (χ4n) is 3.64. The van der Waals surface area contributed by atoms with Gasteiger partial charge in [-0.3, -0.25) is 0 Å². The van der Waals surface area contributed by atoms with Crippen LogP contribution in [0.2, 0.25) is 10.0 Å². The van der Waals surface area contributed by atoms with Crippen LogP contribution in [0.1, 0.15) is 12.0 Å². The number of rotatable bonds is 1. The molecule has 0 saturated carbocycles. The molecule has 0 aliphatic carbocycles. The zero-order valence-corrected chi connectivity index (χ0v) is 13.8. The maximum Gasteiger partial charge on any atom is 0.0499 e.